The molecule has 1 aromatic carbocycles. The molecule has 0 fully saturated rings. The third-order valence-electron chi connectivity index (χ3n) is 6.17. The molecule has 3 aromatic rings. The molecule has 4 heterocycles. The minimum absolute atomic E-state index is 0.123. The van der Waals surface area contributed by atoms with Gasteiger partial charge in [0, 0.05) is 16.5 Å². The standard InChI is InChI=1S/C24H26N2O5Si/c1-5-24(29)17-10-19-21-14(11-26(19)22(27)16(17)12-30-23(24)28)9-15-18(25-21)7-6-8-20(15)31-13-32(2,3)4/h6-10,29H,5,11-13H2,1-4H3/t24-/m0/s1. The number of cyclic esters (lactones) is 1. The maximum absolute atomic E-state index is 13.3. The highest BCUT2D eigenvalue weighted by atomic mass is 28.3. The van der Waals surface area contributed by atoms with Crippen LogP contribution in [0.15, 0.2) is 35.1 Å². The number of aliphatic hydroxyl groups is 1. The van der Waals surface area contributed by atoms with Crippen LogP contribution in [0.2, 0.25) is 19.6 Å². The highest BCUT2D eigenvalue weighted by Crippen LogP contribution is 2.39. The van der Waals surface area contributed by atoms with Gasteiger partial charge in [-0.1, -0.05) is 32.6 Å². The molecule has 2 aliphatic rings. The van der Waals surface area contributed by atoms with Crippen LogP contribution in [-0.4, -0.2) is 34.9 Å². The maximum atomic E-state index is 13.3. The van der Waals surface area contributed by atoms with Gasteiger partial charge in [-0.3, -0.25) is 4.79 Å². The van der Waals surface area contributed by atoms with Gasteiger partial charge in [-0.15, -0.1) is 0 Å². The van der Waals surface area contributed by atoms with E-state index in [4.69, 9.17) is 14.5 Å². The van der Waals surface area contributed by atoms with E-state index in [-0.39, 0.29) is 18.6 Å². The van der Waals surface area contributed by atoms with Gasteiger partial charge in [0.15, 0.2) is 5.60 Å². The lowest BCUT2D eigenvalue weighted by molar-refractivity contribution is -0.172. The van der Waals surface area contributed by atoms with Crippen LogP contribution in [0.1, 0.15) is 30.0 Å². The summed E-state index contributed by atoms with van der Waals surface area (Å²) in [7, 11) is -1.40. The molecule has 1 atom stereocenters. The van der Waals surface area contributed by atoms with Crippen molar-refractivity contribution >= 4 is 24.9 Å². The van der Waals surface area contributed by atoms with Crippen molar-refractivity contribution < 1.29 is 19.4 Å². The number of aromatic nitrogens is 2. The summed E-state index contributed by atoms with van der Waals surface area (Å²) in [5.74, 6) is 0.0768. The third-order valence-corrected chi connectivity index (χ3v) is 7.18. The molecule has 0 spiro atoms. The number of benzene rings is 1. The van der Waals surface area contributed by atoms with E-state index in [1.54, 1.807) is 17.6 Å². The van der Waals surface area contributed by atoms with Gasteiger partial charge in [0.25, 0.3) is 5.56 Å². The molecule has 0 unspecified atom stereocenters. The van der Waals surface area contributed by atoms with Crippen LogP contribution in [0.5, 0.6) is 5.75 Å². The molecule has 32 heavy (non-hydrogen) atoms. The summed E-state index contributed by atoms with van der Waals surface area (Å²) >= 11 is 0. The maximum Gasteiger partial charge on any atom is 0.343 e. The summed E-state index contributed by atoms with van der Waals surface area (Å²) in [6.07, 6.45) is 0.830. The van der Waals surface area contributed by atoms with E-state index in [1.807, 2.05) is 24.3 Å². The predicted molar refractivity (Wildman–Crippen MR) is 123 cm³/mol. The fourth-order valence-corrected chi connectivity index (χ4v) is 4.98. The lowest BCUT2D eigenvalue weighted by atomic mass is 9.86. The molecule has 5 rings (SSSR count). The molecule has 0 saturated carbocycles. The molecule has 166 valence electrons. The molecular weight excluding hydrogens is 424 g/mol. The van der Waals surface area contributed by atoms with Gasteiger partial charge in [0.2, 0.25) is 0 Å². The number of ether oxygens (including phenoxy) is 2. The Bertz CT molecular complexity index is 1340. The zero-order chi connectivity index (χ0) is 22.8. The Hall–Kier alpha value is -2.97. The number of hydrogen-bond donors (Lipinski definition) is 1. The van der Waals surface area contributed by atoms with Crippen LogP contribution in [0.3, 0.4) is 0 Å². The first-order valence-corrected chi connectivity index (χ1v) is 14.6. The topological polar surface area (TPSA) is 90.7 Å². The molecule has 0 aliphatic carbocycles. The number of rotatable bonds is 4. The first-order chi connectivity index (χ1) is 15.1. The van der Waals surface area contributed by atoms with Gasteiger partial charge in [0.1, 0.15) is 12.4 Å². The Balaban J connectivity index is 1.66. The van der Waals surface area contributed by atoms with Crippen molar-refractivity contribution in [3.05, 3.63) is 57.4 Å². The highest BCUT2D eigenvalue weighted by molar-refractivity contribution is 6.76. The fourth-order valence-electron chi connectivity index (χ4n) is 4.40. The molecule has 0 amide bonds. The van der Waals surface area contributed by atoms with E-state index in [9.17, 15) is 14.7 Å². The number of hydrogen-bond acceptors (Lipinski definition) is 6. The van der Waals surface area contributed by atoms with Crippen molar-refractivity contribution in [2.75, 3.05) is 6.23 Å². The summed E-state index contributed by atoms with van der Waals surface area (Å²) in [4.78, 5) is 30.4. The third kappa shape index (κ3) is 3.09. The number of carbonyl (C=O) groups excluding carboxylic acids is 1. The zero-order valence-corrected chi connectivity index (χ0v) is 19.7. The van der Waals surface area contributed by atoms with Gasteiger partial charge in [-0.25, -0.2) is 9.78 Å². The minimum Gasteiger partial charge on any atom is -0.496 e. The van der Waals surface area contributed by atoms with E-state index >= 15 is 0 Å². The predicted octanol–water partition coefficient (Wildman–Crippen LogP) is 3.34. The molecule has 0 saturated heterocycles. The van der Waals surface area contributed by atoms with Crippen LogP contribution >= 0.6 is 0 Å². The van der Waals surface area contributed by atoms with Crippen molar-refractivity contribution in [1.82, 2.24) is 9.55 Å². The quantitative estimate of drug-likeness (QED) is 0.379. The van der Waals surface area contributed by atoms with Gasteiger partial charge in [0.05, 0.1) is 43.3 Å². The molecule has 2 aromatic heterocycles. The van der Waals surface area contributed by atoms with E-state index in [0.29, 0.717) is 35.3 Å². The fraction of sp³-hybridized carbons (Fsp3) is 0.375. The Morgan fingerprint density at radius 1 is 1.25 bits per heavy atom. The van der Waals surface area contributed by atoms with Gasteiger partial charge < -0.3 is 19.1 Å². The highest BCUT2D eigenvalue weighted by Gasteiger charge is 2.45. The Labute approximate surface area is 186 Å². The van der Waals surface area contributed by atoms with Crippen LogP contribution in [0.4, 0.5) is 0 Å². The van der Waals surface area contributed by atoms with Crippen molar-refractivity contribution in [3.8, 4) is 17.1 Å². The van der Waals surface area contributed by atoms with Crippen molar-refractivity contribution in [2.24, 2.45) is 0 Å². The first kappa shape index (κ1) is 20.9. The summed E-state index contributed by atoms with van der Waals surface area (Å²) in [5.41, 5.74) is 1.57. The van der Waals surface area contributed by atoms with Crippen LogP contribution < -0.4 is 10.3 Å². The number of fused-ring (bicyclic) bond motifs is 5. The van der Waals surface area contributed by atoms with Crippen LogP contribution in [0.25, 0.3) is 22.3 Å². The minimum atomic E-state index is -1.82. The molecule has 0 radical (unpaired) electrons. The average molecular weight is 451 g/mol. The van der Waals surface area contributed by atoms with Crippen molar-refractivity contribution in [3.63, 3.8) is 0 Å². The summed E-state index contributed by atoms with van der Waals surface area (Å²) in [6, 6.07) is 9.57. The van der Waals surface area contributed by atoms with Crippen molar-refractivity contribution in [2.45, 2.75) is 51.7 Å². The summed E-state index contributed by atoms with van der Waals surface area (Å²) in [5, 5.41) is 11.9. The lowest BCUT2D eigenvalue weighted by Crippen LogP contribution is -2.44. The zero-order valence-electron chi connectivity index (χ0n) is 18.7. The largest absolute Gasteiger partial charge is 0.496 e. The smallest absolute Gasteiger partial charge is 0.343 e. The second kappa shape index (κ2) is 7.01. The average Bonchev–Trinajstić information content (AvgIpc) is 3.11. The Kier molecular flexibility index (Phi) is 4.58. The van der Waals surface area contributed by atoms with E-state index in [1.165, 1.54) is 0 Å². The van der Waals surface area contributed by atoms with E-state index < -0.39 is 19.6 Å². The molecular formula is C24H26N2O5Si. The number of pyridine rings is 2. The molecule has 8 heteroatoms. The van der Waals surface area contributed by atoms with E-state index in [0.717, 1.165) is 22.2 Å². The number of carbonyl (C=O) groups is 1. The van der Waals surface area contributed by atoms with Crippen LogP contribution in [0, 0.1) is 0 Å². The monoisotopic (exact) mass is 450 g/mol. The molecule has 0 bridgehead atoms. The lowest BCUT2D eigenvalue weighted by Gasteiger charge is -2.31. The first-order valence-electron chi connectivity index (χ1n) is 10.8. The van der Waals surface area contributed by atoms with Crippen LogP contribution in [-0.2, 0) is 28.3 Å². The SMILES string of the molecule is CC[C@@]1(O)C(=O)OCc2c1cc1n(c2=O)Cc2cc3c(OC[Si](C)(C)C)cccc3nc2-1. The molecule has 2 aliphatic heterocycles. The summed E-state index contributed by atoms with van der Waals surface area (Å²) < 4.78 is 12.9. The molecule has 7 nitrogen and oxygen atoms in total. The number of esters is 1. The van der Waals surface area contributed by atoms with E-state index in [2.05, 4.69) is 19.6 Å². The van der Waals surface area contributed by atoms with Gasteiger partial charge in [-0.05, 0) is 30.7 Å². The number of nitrogens with zero attached hydrogens (tertiary/aromatic N) is 2. The Morgan fingerprint density at radius 3 is 2.75 bits per heavy atom. The summed E-state index contributed by atoms with van der Waals surface area (Å²) in [6.45, 7) is 8.71. The second-order valence-corrected chi connectivity index (χ2v) is 15.2. The van der Waals surface area contributed by atoms with Crippen molar-refractivity contribution in [1.29, 1.82) is 0 Å². The second-order valence-electron chi connectivity index (χ2n) is 9.77. The Morgan fingerprint density at radius 2 is 2.03 bits per heavy atom. The van der Waals surface area contributed by atoms with Gasteiger partial charge >= 0.3 is 5.97 Å². The normalized spacial score (nSPS) is 19.3. The molecule has 1 N–H and O–H groups in total. The van der Waals surface area contributed by atoms with Gasteiger partial charge in [-0.2, -0.15) is 0 Å².